The lowest BCUT2D eigenvalue weighted by Gasteiger charge is -2.36. The number of aliphatic hydroxyl groups is 1. The van der Waals surface area contributed by atoms with Gasteiger partial charge in [0.25, 0.3) is 0 Å². The summed E-state index contributed by atoms with van der Waals surface area (Å²) in [5, 5.41) is 16.4. The molecule has 3 amide bonds. The Morgan fingerprint density at radius 3 is 2.49 bits per heavy atom. The van der Waals surface area contributed by atoms with E-state index in [2.05, 4.69) is 20.4 Å². The van der Waals surface area contributed by atoms with Crippen LogP contribution in [-0.4, -0.2) is 47.6 Å². The second-order valence-electron chi connectivity index (χ2n) is 8.23. The Labute approximate surface area is 200 Å². The summed E-state index contributed by atoms with van der Waals surface area (Å²) in [5.41, 5.74) is -0.0586. The fourth-order valence-electron chi connectivity index (χ4n) is 3.70. The van der Waals surface area contributed by atoms with Gasteiger partial charge in [0.2, 0.25) is 11.8 Å². The zero-order valence-electron chi connectivity index (χ0n) is 19.7. The van der Waals surface area contributed by atoms with E-state index in [4.69, 9.17) is 4.74 Å². The maximum Gasteiger partial charge on any atom is 0.573 e. The number of alkyl halides is 3. The minimum absolute atomic E-state index is 0.167. The number of ether oxygens (including phenoxy) is 2. The highest BCUT2D eigenvalue weighted by molar-refractivity contribution is 6.08. The van der Waals surface area contributed by atoms with E-state index in [0.29, 0.717) is 23.6 Å². The molecule has 0 radical (unpaired) electrons. The van der Waals surface area contributed by atoms with Gasteiger partial charge in [0.05, 0.1) is 24.4 Å². The van der Waals surface area contributed by atoms with E-state index >= 15 is 0 Å². The smallest absolute Gasteiger partial charge is 0.481 e. The number of rotatable bonds is 7. The highest BCUT2D eigenvalue weighted by Crippen LogP contribution is 2.35. The van der Waals surface area contributed by atoms with E-state index in [1.165, 1.54) is 26.2 Å². The molecule has 1 aliphatic heterocycles. The molecule has 9 nitrogen and oxygen atoms in total. The number of amides is 3. The molecule has 0 fully saturated rings. The van der Waals surface area contributed by atoms with Crippen LogP contribution < -0.4 is 25.0 Å². The molecule has 0 spiro atoms. The van der Waals surface area contributed by atoms with Gasteiger partial charge in [-0.3, -0.25) is 9.69 Å². The van der Waals surface area contributed by atoms with Crippen molar-refractivity contribution in [2.45, 2.75) is 51.6 Å². The first-order valence-electron chi connectivity index (χ1n) is 10.9. The van der Waals surface area contributed by atoms with Crippen molar-refractivity contribution in [3.63, 3.8) is 0 Å². The van der Waals surface area contributed by atoms with Crippen molar-refractivity contribution < 1.29 is 37.3 Å². The topological polar surface area (TPSA) is 113 Å². The van der Waals surface area contributed by atoms with Gasteiger partial charge >= 0.3 is 12.4 Å². The lowest BCUT2D eigenvalue weighted by Crippen LogP contribution is -2.52. The standard InChI is InChI=1S/C23H27F3N4O5/c1-5-13-11-16-19(29-20(13)34-4)30(12-17(31)27-16)21(32)28-18(22(3,33)6-2)14-7-9-15(10-8-14)35-23(24,25)26/h7-11,18,33H,5-6,12H2,1-4H3,(H,27,31)(H,28,32). The van der Waals surface area contributed by atoms with Crippen molar-refractivity contribution in [1.82, 2.24) is 10.3 Å². The second kappa shape index (κ2) is 9.98. The molecule has 1 aromatic heterocycles. The van der Waals surface area contributed by atoms with Crippen LogP contribution in [0.15, 0.2) is 30.3 Å². The minimum Gasteiger partial charge on any atom is -0.481 e. The lowest BCUT2D eigenvalue weighted by atomic mass is 9.88. The van der Waals surface area contributed by atoms with E-state index < -0.39 is 35.7 Å². The van der Waals surface area contributed by atoms with Crippen molar-refractivity contribution >= 4 is 23.4 Å². The number of fused-ring (bicyclic) bond motifs is 1. The predicted molar refractivity (Wildman–Crippen MR) is 121 cm³/mol. The van der Waals surface area contributed by atoms with Gasteiger partial charge in [-0.15, -0.1) is 13.2 Å². The number of anilines is 2. The summed E-state index contributed by atoms with van der Waals surface area (Å²) in [6.07, 6.45) is -4.05. The van der Waals surface area contributed by atoms with Crippen molar-refractivity contribution in [3.05, 3.63) is 41.5 Å². The minimum atomic E-state index is -4.85. The van der Waals surface area contributed by atoms with Gasteiger partial charge in [0.1, 0.15) is 12.3 Å². The molecular weight excluding hydrogens is 469 g/mol. The van der Waals surface area contributed by atoms with Crippen molar-refractivity contribution in [1.29, 1.82) is 0 Å². The second-order valence-corrected chi connectivity index (χ2v) is 8.23. The normalized spacial score (nSPS) is 16.0. The zero-order chi connectivity index (χ0) is 26.0. The first-order chi connectivity index (χ1) is 16.4. The third-order valence-corrected chi connectivity index (χ3v) is 5.75. The molecule has 1 aliphatic rings. The van der Waals surface area contributed by atoms with Crippen LogP contribution in [-0.2, 0) is 11.2 Å². The van der Waals surface area contributed by atoms with Crippen molar-refractivity contribution in [3.8, 4) is 11.6 Å². The van der Waals surface area contributed by atoms with Gasteiger partial charge in [-0.05, 0) is 43.5 Å². The van der Waals surface area contributed by atoms with Gasteiger partial charge in [-0.2, -0.15) is 4.98 Å². The summed E-state index contributed by atoms with van der Waals surface area (Å²) in [4.78, 5) is 31.2. The van der Waals surface area contributed by atoms with Gasteiger partial charge in [-0.25, -0.2) is 4.79 Å². The van der Waals surface area contributed by atoms with Crippen LogP contribution in [0.25, 0.3) is 0 Å². The number of hydrogen-bond acceptors (Lipinski definition) is 6. The molecule has 35 heavy (non-hydrogen) atoms. The van der Waals surface area contributed by atoms with Gasteiger partial charge < -0.3 is 25.2 Å². The predicted octanol–water partition coefficient (Wildman–Crippen LogP) is 3.92. The molecule has 2 atom stereocenters. The molecule has 0 bridgehead atoms. The summed E-state index contributed by atoms with van der Waals surface area (Å²) < 4.78 is 46.7. The maximum absolute atomic E-state index is 13.3. The maximum atomic E-state index is 13.3. The molecule has 2 aromatic rings. The van der Waals surface area contributed by atoms with Crippen LogP contribution in [0.1, 0.15) is 44.4 Å². The van der Waals surface area contributed by atoms with E-state index in [1.54, 1.807) is 13.0 Å². The third kappa shape index (κ3) is 5.94. The summed E-state index contributed by atoms with van der Waals surface area (Å²) in [7, 11) is 1.44. The van der Waals surface area contributed by atoms with Crippen molar-refractivity contribution in [2.24, 2.45) is 0 Å². The van der Waals surface area contributed by atoms with Crippen LogP contribution in [0.5, 0.6) is 11.6 Å². The Hall–Kier alpha value is -3.54. The highest BCUT2D eigenvalue weighted by atomic mass is 19.4. The van der Waals surface area contributed by atoms with Crippen LogP contribution in [0, 0.1) is 0 Å². The Morgan fingerprint density at radius 1 is 1.29 bits per heavy atom. The van der Waals surface area contributed by atoms with Gasteiger partial charge in [-0.1, -0.05) is 26.0 Å². The van der Waals surface area contributed by atoms with E-state index in [1.807, 2.05) is 6.92 Å². The molecular formula is C23H27F3N4O5. The Kier molecular flexibility index (Phi) is 7.44. The number of nitrogens with zero attached hydrogens (tertiary/aromatic N) is 2. The number of methoxy groups -OCH3 is 1. The number of aryl methyl sites for hydroxylation is 1. The molecule has 0 saturated heterocycles. The molecule has 190 valence electrons. The van der Waals surface area contributed by atoms with Crippen LogP contribution in [0.4, 0.5) is 29.5 Å². The number of halogens is 3. The largest absolute Gasteiger partial charge is 0.573 e. The lowest BCUT2D eigenvalue weighted by molar-refractivity contribution is -0.274. The van der Waals surface area contributed by atoms with E-state index in [0.717, 1.165) is 22.6 Å². The molecule has 3 N–H and O–H groups in total. The molecule has 0 aliphatic carbocycles. The number of pyridine rings is 1. The molecule has 0 saturated carbocycles. The van der Waals surface area contributed by atoms with Crippen LogP contribution in [0.2, 0.25) is 0 Å². The quantitative estimate of drug-likeness (QED) is 0.536. The molecule has 2 unspecified atom stereocenters. The Morgan fingerprint density at radius 2 is 1.94 bits per heavy atom. The molecule has 1 aromatic carbocycles. The summed E-state index contributed by atoms with van der Waals surface area (Å²) in [6, 6.07) is 4.76. The molecule has 2 heterocycles. The summed E-state index contributed by atoms with van der Waals surface area (Å²) in [6.45, 7) is 4.75. The zero-order valence-corrected chi connectivity index (χ0v) is 19.7. The summed E-state index contributed by atoms with van der Waals surface area (Å²) >= 11 is 0. The number of nitrogens with one attached hydrogen (secondary N) is 2. The van der Waals surface area contributed by atoms with E-state index in [-0.39, 0.29) is 18.8 Å². The summed E-state index contributed by atoms with van der Waals surface area (Å²) in [5.74, 6) is -0.404. The SMILES string of the molecule is CCc1cc2c(nc1OC)N(C(=O)NC(c1ccc(OC(F)(F)F)cc1)C(C)(O)CC)CC(=O)N2. The third-order valence-electron chi connectivity index (χ3n) is 5.75. The Bertz CT molecular complexity index is 1090. The average molecular weight is 496 g/mol. The highest BCUT2D eigenvalue weighted by Gasteiger charge is 2.37. The monoisotopic (exact) mass is 496 g/mol. The van der Waals surface area contributed by atoms with Crippen LogP contribution in [0.3, 0.4) is 0 Å². The Balaban J connectivity index is 1.94. The first-order valence-corrected chi connectivity index (χ1v) is 10.9. The fraction of sp³-hybridized carbons (Fsp3) is 0.435. The average Bonchev–Trinajstić information content (AvgIpc) is 2.80. The fourth-order valence-corrected chi connectivity index (χ4v) is 3.70. The number of hydrogen-bond donors (Lipinski definition) is 3. The molecule has 3 rings (SSSR count). The first kappa shape index (κ1) is 26.1. The number of aromatic nitrogens is 1. The van der Waals surface area contributed by atoms with Crippen molar-refractivity contribution in [2.75, 3.05) is 23.9 Å². The molecule has 12 heteroatoms. The number of carbonyl (C=O) groups excluding carboxylic acids is 2. The van der Waals surface area contributed by atoms with Gasteiger partial charge in [0.15, 0.2) is 5.82 Å². The van der Waals surface area contributed by atoms with E-state index in [9.17, 15) is 27.9 Å². The van der Waals surface area contributed by atoms with Gasteiger partial charge in [0, 0.05) is 5.56 Å². The number of carbonyl (C=O) groups is 2. The number of urea groups is 1. The van der Waals surface area contributed by atoms with Crippen LogP contribution >= 0.6 is 0 Å². The number of benzene rings is 1.